The first-order valence-corrected chi connectivity index (χ1v) is 5.24. The maximum atomic E-state index is 13.0. The van der Waals surface area contributed by atoms with Gasteiger partial charge in [0.15, 0.2) is 0 Å². The highest BCUT2D eigenvalue weighted by molar-refractivity contribution is 5.78. The molecular formula is C11H13FN4O. The molecule has 0 aliphatic heterocycles. The summed E-state index contributed by atoms with van der Waals surface area (Å²) in [5.41, 5.74) is 6.36. The van der Waals surface area contributed by atoms with Gasteiger partial charge in [0.2, 0.25) is 11.9 Å². The lowest BCUT2D eigenvalue weighted by Crippen LogP contribution is -2.24. The van der Waals surface area contributed by atoms with Gasteiger partial charge in [-0.15, -0.1) is 0 Å². The van der Waals surface area contributed by atoms with Gasteiger partial charge in [-0.1, -0.05) is 0 Å². The molecule has 0 aliphatic carbocycles. The summed E-state index contributed by atoms with van der Waals surface area (Å²) in [5, 5.41) is 2.99. The Morgan fingerprint density at radius 1 is 1.65 bits per heavy atom. The number of nitrogens with two attached hydrogens (primary N) is 1. The van der Waals surface area contributed by atoms with Gasteiger partial charge < -0.3 is 16.0 Å². The molecule has 0 radical (unpaired) electrons. The van der Waals surface area contributed by atoms with Gasteiger partial charge in [0.25, 0.3) is 0 Å². The van der Waals surface area contributed by atoms with E-state index < -0.39 is 0 Å². The SMILES string of the molecule is CC(CC(N)=O)Nc1nc2ccc(F)cc2[nH]1. The number of hydrogen-bond donors (Lipinski definition) is 3. The second-order valence-electron chi connectivity index (χ2n) is 3.96. The Morgan fingerprint density at radius 2 is 2.41 bits per heavy atom. The molecule has 0 bridgehead atoms. The van der Waals surface area contributed by atoms with E-state index in [-0.39, 0.29) is 24.2 Å². The van der Waals surface area contributed by atoms with Crippen molar-refractivity contribution in [1.29, 1.82) is 0 Å². The number of primary amides is 1. The molecule has 0 spiro atoms. The highest BCUT2D eigenvalue weighted by atomic mass is 19.1. The molecule has 1 unspecified atom stereocenters. The molecule has 1 amide bonds. The third kappa shape index (κ3) is 2.72. The van der Waals surface area contributed by atoms with Crippen LogP contribution in [-0.2, 0) is 4.79 Å². The van der Waals surface area contributed by atoms with Crippen LogP contribution < -0.4 is 11.1 Å². The number of halogens is 1. The number of imidazole rings is 1. The fourth-order valence-corrected chi connectivity index (χ4v) is 1.64. The maximum absolute atomic E-state index is 13.0. The number of aromatic nitrogens is 2. The summed E-state index contributed by atoms with van der Waals surface area (Å²) in [6.45, 7) is 1.82. The molecule has 1 heterocycles. The van der Waals surface area contributed by atoms with Crippen LogP contribution in [0.4, 0.5) is 10.3 Å². The normalized spacial score (nSPS) is 12.6. The van der Waals surface area contributed by atoms with Crippen LogP contribution in [0.25, 0.3) is 11.0 Å². The summed E-state index contributed by atoms with van der Waals surface area (Å²) in [4.78, 5) is 17.9. The summed E-state index contributed by atoms with van der Waals surface area (Å²) in [5.74, 6) is -0.204. The van der Waals surface area contributed by atoms with Crippen molar-refractivity contribution in [2.24, 2.45) is 5.73 Å². The highest BCUT2D eigenvalue weighted by Gasteiger charge is 2.09. The van der Waals surface area contributed by atoms with Crippen LogP contribution in [0.15, 0.2) is 18.2 Å². The Balaban J connectivity index is 2.16. The Kier molecular flexibility index (Phi) is 2.95. The van der Waals surface area contributed by atoms with Gasteiger partial charge in [-0.3, -0.25) is 4.79 Å². The lowest BCUT2D eigenvalue weighted by atomic mass is 10.2. The molecule has 6 heteroatoms. The molecular weight excluding hydrogens is 223 g/mol. The fourth-order valence-electron chi connectivity index (χ4n) is 1.64. The Morgan fingerprint density at radius 3 is 3.12 bits per heavy atom. The van der Waals surface area contributed by atoms with Crippen LogP contribution in [0.3, 0.4) is 0 Å². The first kappa shape index (κ1) is 11.4. The van der Waals surface area contributed by atoms with E-state index >= 15 is 0 Å². The zero-order valence-electron chi connectivity index (χ0n) is 9.33. The standard InChI is InChI=1S/C11H13FN4O/c1-6(4-10(13)17)14-11-15-8-3-2-7(12)5-9(8)16-11/h2-3,5-6H,4H2,1H3,(H2,13,17)(H2,14,15,16). The quantitative estimate of drug-likeness (QED) is 0.749. The van der Waals surface area contributed by atoms with Crippen LogP contribution in [0.2, 0.25) is 0 Å². The molecule has 5 nitrogen and oxygen atoms in total. The zero-order chi connectivity index (χ0) is 12.4. The van der Waals surface area contributed by atoms with Gasteiger partial charge in [0.05, 0.1) is 11.0 Å². The third-order valence-electron chi connectivity index (χ3n) is 2.33. The van der Waals surface area contributed by atoms with E-state index in [0.717, 1.165) is 0 Å². The highest BCUT2D eigenvalue weighted by Crippen LogP contribution is 2.16. The number of nitrogens with one attached hydrogen (secondary N) is 2. The predicted octanol–water partition coefficient (Wildman–Crippen LogP) is 1.38. The number of H-pyrrole nitrogens is 1. The van der Waals surface area contributed by atoms with E-state index in [9.17, 15) is 9.18 Å². The Labute approximate surface area is 97.2 Å². The van der Waals surface area contributed by atoms with Crippen LogP contribution in [0.1, 0.15) is 13.3 Å². The van der Waals surface area contributed by atoms with E-state index in [2.05, 4.69) is 15.3 Å². The van der Waals surface area contributed by atoms with E-state index in [0.29, 0.717) is 17.0 Å². The molecule has 0 fully saturated rings. The molecule has 2 aromatic rings. The van der Waals surface area contributed by atoms with Crippen LogP contribution in [-0.4, -0.2) is 21.9 Å². The summed E-state index contributed by atoms with van der Waals surface area (Å²) >= 11 is 0. The molecule has 4 N–H and O–H groups in total. The van der Waals surface area contributed by atoms with Crippen molar-refractivity contribution < 1.29 is 9.18 Å². The fraction of sp³-hybridized carbons (Fsp3) is 0.273. The number of hydrogen-bond acceptors (Lipinski definition) is 3. The Hall–Kier alpha value is -2.11. The van der Waals surface area contributed by atoms with E-state index in [4.69, 9.17) is 5.73 Å². The second kappa shape index (κ2) is 4.40. The smallest absolute Gasteiger partial charge is 0.219 e. The minimum Gasteiger partial charge on any atom is -0.370 e. The molecule has 0 aliphatic rings. The van der Waals surface area contributed by atoms with Crippen molar-refractivity contribution in [3.05, 3.63) is 24.0 Å². The third-order valence-corrected chi connectivity index (χ3v) is 2.33. The molecule has 1 atom stereocenters. The molecule has 17 heavy (non-hydrogen) atoms. The molecule has 0 saturated heterocycles. The zero-order valence-corrected chi connectivity index (χ0v) is 9.33. The van der Waals surface area contributed by atoms with E-state index in [1.807, 2.05) is 6.92 Å². The van der Waals surface area contributed by atoms with Crippen molar-refractivity contribution in [3.63, 3.8) is 0 Å². The molecule has 1 aromatic heterocycles. The Bertz CT molecular complexity index is 551. The van der Waals surface area contributed by atoms with Gasteiger partial charge in [0.1, 0.15) is 5.82 Å². The predicted molar refractivity (Wildman–Crippen MR) is 62.9 cm³/mol. The minimum atomic E-state index is -0.382. The van der Waals surface area contributed by atoms with Crippen LogP contribution >= 0.6 is 0 Å². The molecule has 0 saturated carbocycles. The lowest BCUT2D eigenvalue weighted by Gasteiger charge is -2.09. The monoisotopic (exact) mass is 236 g/mol. The van der Waals surface area contributed by atoms with Crippen molar-refractivity contribution in [3.8, 4) is 0 Å². The number of fused-ring (bicyclic) bond motifs is 1. The largest absolute Gasteiger partial charge is 0.370 e. The first-order chi connectivity index (χ1) is 8.04. The summed E-state index contributed by atoms with van der Waals surface area (Å²) in [6.07, 6.45) is 0.214. The topological polar surface area (TPSA) is 83.8 Å². The molecule has 2 rings (SSSR count). The average molecular weight is 236 g/mol. The van der Waals surface area contributed by atoms with Gasteiger partial charge in [-0.25, -0.2) is 9.37 Å². The van der Waals surface area contributed by atoms with E-state index in [1.54, 1.807) is 6.07 Å². The summed E-state index contributed by atoms with van der Waals surface area (Å²) < 4.78 is 13.0. The first-order valence-electron chi connectivity index (χ1n) is 5.24. The van der Waals surface area contributed by atoms with Crippen molar-refractivity contribution >= 4 is 22.9 Å². The molecule has 90 valence electrons. The van der Waals surface area contributed by atoms with Crippen LogP contribution in [0.5, 0.6) is 0 Å². The number of carbonyl (C=O) groups is 1. The van der Waals surface area contributed by atoms with Crippen molar-refractivity contribution in [2.45, 2.75) is 19.4 Å². The van der Waals surface area contributed by atoms with Gasteiger partial charge in [-0.2, -0.15) is 0 Å². The molecule has 1 aromatic carbocycles. The number of aromatic amines is 1. The maximum Gasteiger partial charge on any atom is 0.219 e. The van der Waals surface area contributed by atoms with Gasteiger partial charge >= 0.3 is 0 Å². The number of rotatable bonds is 4. The van der Waals surface area contributed by atoms with Crippen molar-refractivity contribution in [2.75, 3.05) is 5.32 Å². The average Bonchev–Trinajstić information content (AvgIpc) is 2.57. The van der Waals surface area contributed by atoms with Crippen LogP contribution in [0, 0.1) is 5.82 Å². The number of amides is 1. The second-order valence-corrected chi connectivity index (χ2v) is 3.96. The minimum absolute atomic E-state index is 0.127. The summed E-state index contributed by atoms with van der Waals surface area (Å²) in [7, 11) is 0. The van der Waals surface area contributed by atoms with E-state index in [1.165, 1.54) is 12.1 Å². The van der Waals surface area contributed by atoms with Gasteiger partial charge in [0, 0.05) is 12.5 Å². The van der Waals surface area contributed by atoms with Gasteiger partial charge in [-0.05, 0) is 25.1 Å². The number of nitrogens with zero attached hydrogens (tertiary/aromatic N) is 1. The number of anilines is 1. The number of carbonyl (C=O) groups excluding carboxylic acids is 1. The lowest BCUT2D eigenvalue weighted by molar-refractivity contribution is -0.118. The summed E-state index contributed by atoms with van der Waals surface area (Å²) in [6, 6.07) is 4.18. The van der Waals surface area contributed by atoms with Crippen molar-refractivity contribution in [1.82, 2.24) is 9.97 Å². The number of benzene rings is 1.